The number of anilines is 2. The molecule has 3 aromatic rings. The summed E-state index contributed by atoms with van der Waals surface area (Å²) in [5.74, 6) is 0.0458. The predicted molar refractivity (Wildman–Crippen MR) is 99.7 cm³/mol. The summed E-state index contributed by atoms with van der Waals surface area (Å²) in [4.78, 5) is 14.2. The lowest BCUT2D eigenvalue weighted by molar-refractivity contribution is -0.116. The molecule has 0 saturated carbocycles. The number of para-hydroxylation sites is 1. The smallest absolute Gasteiger partial charge is 0.246 e. The van der Waals surface area contributed by atoms with Crippen molar-refractivity contribution in [1.29, 1.82) is 0 Å². The van der Waals surface area contributed by atoms with E-state index in [4.69, 9.17) is 0 Å². The molecule has 0 unspecified atom stereocenters. The van der Waals surface area contributed by atoms with E-state index in [9.17, 15) is 4.79 Å². The van der Waals surface area contributed by atoms with E-state index >= 15 is 0 Å². The normalized spacial score (nSPS) is 12.4. The fourth-order valence-electron chi connectivity index (χ4n) is 3.49. The molecule has 0 radical (unpaired) electrons. The Morgan fingerprint density at radius 2 is 1.71 bits per heavy atom. The molecule has 0 spiro atoms. The van der Waals surface area contributed by atoms with Crippen LogP contribution in [0.25, 0.3) is 10.8 Å². The highest BCUT2D eigenvalue weighted by Gasteiger charge is 2.16. The second kappa shape index (κ2) is 6.00. The van der Waals surface area contributed by atoms with Gasteiger partial charge in [0.1, 0.15) is 0 Å². The van der Waals surface area contributed by atoms with E-state index in [1.807, 2.05) is 37.4 Å². The van der Waals surface area contributed by atoms with Gasteiger partial charge in [-0.15, -0.1) is 0 Å². The van der Waals surface area contributed by atoms with Gasteiger partial charge in [0.05, 0.1) is 6.54 Å². The molecule has 1 aliphatic rings. The first kappa shape index (κ1) is 14.8. The van der Waals surface area contributed by atoms with Crippen molar-refractivity contribution in [1.82, 2.24) is 0 Å². The molecule has 0 bridgehead atoms. The summed E-state index contributed by atoms with van der Waals surface area (Å²) in [7, 11) is 1.81. The van der Waals surface area contributed by atoms with Gasteiger partial charge in [-0.3, -0.25) is 4.79 Å². The maximum Gasteiger partial charge on any atom is 0.246 e. The topological polar surface area (TPSA) is 32.3 Å². The molecule has 0 fully saturated rings. The minimum absolute atomic E-state index is 0.0458. The second-order valence-corrected chi connectivity index (χ2v) is 6.25. The molecule has 3 heteroatoms. The number of carbonyl (C=O) groups excluding carboxylic acids is 1. The van der Waals surface area contributed by atoms with Gasteiger partial charge in [-0.2, -0.15) is 0 Å². The van der Waals surface area contributed by atoms with Crippen LogP contribution in [0.3, 0.4) is 0 Å². The number of hydrogen-bond donors (Lipinski definition) is 1. The van der Waals surface area contributed by atoms with Gasteiger partial charge in [0.2, 0.25) is 5.91 Å². The number of benzene rings is 3. The molecule has 0 atom stereocenters. The number of rotatable bonds is 4. The van der Waals surface area contributed by atoms with E-state index in [1.165, 1.54) is 21.9 Å². The summed E-state index contributed by atoms with van der Waals surface area (Å²) < 4.78 is 0. The monoisotopic (exact) mass is 316 g/mol. The Morgan fingerprint density at radius 3 is 2.50 bits per heavy atom. The van der Waals surface area contributed by atoms with E-state index in [2.05, 4.69) is 35.6 Å². The molecule has 1 N–H and O–H groups in total. The van der Waals surface area contributed by atoms with Crippen LogP contribution >= 0.6 is 0 Å². The molecule has 1 amide bonds. The Hall–Kier alpha value is -2.81. The SMILES string of the molecule is CN(C(=O)CNc1ccc2c3c(cccc13)CC2)c1ccccc1. The number of nitrogens with one attached hydrogen (secondary N) is 1. The predicted octanol–water partition coefficient (Wildman–Crippen LogP) is 4.01. The minimum atomic E-state index is 0.0458. The fourth-order valence-corrected chi connectivity index (χ4v) is 3.49. The van der Waals surface area contributed by atoms with Gasteiger partial charge < -0.3 is 10.2 Å². The van der Waals surface area contributed by atoms with Crippen LogP contribution in [0.2, 0.25) is 0 Å². The summed E-state index contributed by atoms with van der Waals surface area (Å²) in [6.45, 7) is 0.282. The lowest BCUT2D eigenvalue weighted by atomic mass is 10.0. The van der Waals surface area contributed by atoms with E-state index in [-0.39, 0.29) is 12.5 Å². The Kier molecular flexibility index (Phi) is 3.69. The standard InChI is InChI=1S/C21H20N2O/c1-23(17-7-3-2-4-8-17)20(24)14-22-19-13-12-16-11-10-15-6-5-9-18(19)21(15)16/h2-9,12-13,22H,10-11,14H2,1H3. The van der Waals surface area contributed by atoms with Crippen LogP contribution in [0.4, 0.5) is 11.4 Å². The molecule has 0 aliphatic heterocycles. The third-order valence-corrected chi connectivity index (χ3v) is 4.82. The number of hydrogen-bond acceptors (Lipinski definition) is 2. The van der Waals surface area contributed by atoms with Crippen LogP contribution in [-0.4, -0.2) is 19.5 Å². The van der Waals surface area contributed by atoms with Crippen molar-refractivity contribution in [3.05, 3.63) is 71.8 Å². The van der Waals surface area contributed by atoms with E-state index in [0.29, 0.717) is 0 Å². The van der Waals surface area contributed by atoms with Gasteiger partial charge in [-0.25, -0.2) is 0 Å². The van der Waals surface area contributed by atoms with Crippen molar-refractivity contribution in [2.24, 2.45) is 0 Å². The summed E-state index contributed by atoms with van der Waals surface area (Å²) in [5, 5.41) is 5.92. The third-order valence-electron chi connectivity index (χ3n) is 4.82. The van der Waals surface area contributed by atoms with Crippen LogP contribution < -0.4 is 10.2 Å². The van der Waals surface area contributed by atoms with Gasteiger partial charge in [-0.05, 0) is 47.6 Å². The Morgan fingerprint density at radius 1 is 0.958 bits per heavy atom. The molecule has 24 heavy (non-hydrogen) atoms. The van der Waals surface area contributed by atoms with Crippen LogP contribution in [0.15, 0.2) is 60.7 Å². The highest BCUT2D eigenvalue weighted by molar-refractivity contribution is 6.01. The first-order valence-electron chi connectivity index (χ1n) is 8.33. The Labute approximate surface area is 141 Å². The average molecular weight is 316 g/mol. The van der Waals surface area contributed by atoms with E-state index < -0.39 is 0 Å². The fraction of sp³-hybridized carbons (Fsp3) is 0.190. The number of likely N-dealkylation sites (N-methyl/N-ethyl adjacent to an activating group) is 1. The third kappa shape index (κ3) is 2.52. The van der Waals surface area contributed by atoms with Crippen molar-refractivity contribution in [2.75, 3.05) is 23.8 Å². The van der Waals surface area contributed by atoms with Crippen molar-refractivity contribution in [2.45, 2.75) is 12.8 Å². The van der Waals surface area contributed by atoms with Crippen LogP contribution in [-0.2, 0) is 17.6 Å². The van der Waals surface area contributed by atoms with Crippen molar-refractivity contribution in [3.8, 4) is 0 Å². The zero-order chi connectivity index (χ0) is 16.5. The van der Waals surface area contributed by atoms with Crippen LogP contribution in [0.5, 0.6) is 0 Å². The molecular weight excluding hydrogens is 296 g/mol. The molecule has 3 aromatic carbocycles. The van der Waals surface area contributed by atoms with Crippen molar-refractivity contribution in [3.63, 3.8) is 0 Å². The zero-order valence-electron chi connectivity index (χ0n) is 13.8. The molecule has 0 aromatic heterocycles. The van der Waals surface area contributed by atoms with Gasteiger partial charge >= 0.3 is 0 Å². The average Bonchev–Trinajstić information content (AvgIpc) is 3.06. The van der Waals surface area contributed by atoms with Gasteiger partial charge in [0.25, 0.3) is 0 Å². The number of aryl methyl sites for hydroxylation is 2. The minimum Gasteiger partial charge on any atom is -0.376 e. The van der Waals surface area contributed by atoms with Gasteiger partial charge in [0, 0.05) is 23.8 Å². The summed E-state index contributed by atoms with van der Waals surface area (Å²) >= 11 is 0. The summed E-state index contributed by atoms with van der Waals surface area (Å²) in [6.07, 6.45) is 2.23. The lowest BCUT2D eigenvalue weighted by Crippen LogP contribution is -2.32. The molecule has 0 saturated heterocycles. The van der Waals surface area contributed by atoms with Crippen molar-refractivity contribution < 1.29 is 4.79 Å². The largest absolute Gasteiger partial charge is 0.376 e. The number of carbonyl (C=O) groups is 1. The second-order valence-electron chi connectivity index (χ2n) is 6.25. The quantitative estimate of drug-likeness (QED) is 0.788. The van der Waals surface area contributed by atoms with E-state index in [1.54, 1.807) is 4.90 Å². The maximum absolute atomic E-state index is 12.5. The summed E-state index contributed by atoms with van der Waals surface area (Å²) in [5.41, 5.74) is 4.77. The van der Waals surface area contributed by atoms with Gasteiger partial charge in [-0.1, -0.05) is 42.5 Å². The first-order valence-corrected chi connectivity index (χ1v) is 8.33. The summed E-state index contributed by atoms with van der Waals surface area (Å²) in [6, 6.07) is 20.5. The van der Waals surface area contributed by atoms with Crippen LogP contribution in [0.1, 0.15) is 11.1 Å². The number of amides is 1. The Balaban J connectivity index is 1.55. The highest BCUT2D eigenvalue weighted by atomic mass is 16.2. The molecule has 1 aliphatic carbocycles. The zero-order valence-corrected chi connectivity index (χ0v) is 13.8. The first-order chi connectivity index (χ1) is 11.7. The molecule has 0 heterocycles. The molecule has 120 valence electrons. The molecule has 3 nitrogen and oxygen atoms in total. The Bertz CT molecular complexity index is 892. The van der Waals surface area contributed by atoms with Gasteiger partial charge in [0.15, 0.2) is 0 Å². The van der Waals surface area contributed by atoms with Crippen molar-refractivity contribution >= 4 is 28.1 Å². The highest BCUT2D eigenvalue weighted by Crippen LogP contribution is 2.34. The van der Waals surface area contributed by atoms with Crippen LogP contribution in [0, 0.1) is 0 Å². The van der Waals surface area contributed by atoms with E-state index in [0.717, 1.165) is 24.2 Å². The molecule has 4 rings (SSSR count). The number of nitrogens with zero attached hydrogens (tertiary/aromatic N) is 1. The maximum atomic E-state index is 12.5. The molecular formula is C21H20N2O. The lowest BCUT2D eigenvalue weighted by Gasteiger charge is -2.18.